The van der Waals surface area contributed by atoms with E-state index in [9.17, 15) is 4.79 Å². The van der Waals surface area contributed by atoms with E-state index in [4.69, 9.17) is 16.9 Å². The fraction of sp³-hybridized carbons (Fsp3) is 0.200. The number of anilines is 1. The van der Waals surface area contributed by atoms with Gasteiger partial charge in [-0.2, -0.15) is 0 Å². The number of nitrogens with two attached hydrogens (primary N) is 2. The standard InChI is InChI=1S/C10H14N4O/c11-9(12)6-7-14(10(13)15)8-4-2-1-3-5-8/h1-5H,6-7H2,(H3,11,12)(H2,13,15). The number of urea groups is 1. The van der Waals surface area contributed by atoms with E-state index in [1.54, 1.807) is 12.1 Å². The van der Waals surface area contributed by atoms with Gasteiger partial charge in [0.2, 0.25) is 0 Å². The Morgan fingerprint density at radius 3 is 2.33 bits per heavy atom. The highest BCUT2D eigenvalue weighted by Gasteiger charge is 2.11. The van der Waals surface area contributed by atoms with Gasteiger partial charge in [0.1, 0.15) is 0 Å². The van der Waals surface area contributed by atoms with Crippen molar-refractivity contribution in [2.45, 2.75) is 6.42 Å². The third kappa shape index (κ3) is 3.30. The average Bonchev–Trinajstić information content (AvgIpc) is 2.18. The monoisotopic (exact) mass is 206 g/mol. The van der Waals surface area contributed by atoms with Crippen LogP contribution in [0.2, 0.25) is 0 Å². The van der Waals surface area contributed by atoms with Crippen LogP contribution < -0.4 is 16.4 Å². The van der Waals surface area contributed by atoms with E-state index < -0.39 is 6.03 Å². The van der Waals surface area contributed by atoms with E-state index in [1.807, 2.05) is 18.2 Å². The maximum Gasteiger partial charge on any atom is 0.319 e. The molecule has 0 fully saturated rings. The molecule has 5 nitrogen and oxygen atoms in total. The van der Waals surface area contributed by atoms with Gasteiger partial charge in [0.25, 0.3) is 0 Å². The smallest absolute Gasteiger partial charge is 0.319 e. The maximum absolute atomic E-state index is 11.1. The first-order valence-electron chi connectivity index (χ1n) is 4.56. The highest BCUT2D eigenvalue weighted by Crippen LogP contribution is 2.12. The number of rotatable bonds is 4. The Labute approximate surface area is 88.2 Å². The first-order chi connectivity index (χ1) is 7.11. The summed E-state index contributed by atoms with van der Waals surface area (Å²) in [7, 11) is 0. The predicted octanol–water partition coefficient (Wildman–Crippen LogP) is 0.898. The van der Waals surface area contributed by atoms with E-state index >= 15 is 0 Å². The number of amidine groups is 1. The number of carbonyl (C=O) groups is 1. The maximum atomic E-state index is 11.1. The second-order valence-electron chi connectivity index (χ2n) is 3.10. The lowest BCUT2D eigenvalue weighted by atomic mass is 10.2. The Morgan fingerprint density at radius 2 is 1.87 bits per heavy atom. The topological polar surface area (TPSA) is 96.2 Å². The summed E-state index contributed by atoms with van der Waals surface area (Å²) in [6.45, 7) is 0.328. The Morgan fingerprint density at radius 1 is 1.27 bits per heavy atom. The van der Waals surface area contributed by atoms with Crippen molar-refractivity contribution < 1.29 is 4.79 Å². The number of nitrogens with zero attached hydrogens (tertiary/aromatic N) is 1. The predicted molar refractivity (Wildman–Crippen MR) is 59.9 cm³/mol. The van der Waals surface area contributed by atoms with Crippen molar-refractivity contribution in [1.29, 1.82) is 5.41 Å². The number of hydrogen-bond acceptors (Lipinski definition) is 2. The van der Waals surface area contributed by atoms with Crippen LogP contribution in [-0.2, 0) is 0 Å². The van der Waals surface area contributed by atoms with Gasteiger partial charge in [0.05, 0.1) is 5.84 Å². The van der Waals surface area contributed by atoms with Crippen LogP contribution in [0.25, 0.3) is 0 Å². The SMILES string of the molecule is N=C(N)CCN(C(N)=O)c1ccccc1. The zero-order chi connectivity index (χ0) is 11.3. The summed E-state index contributed by atoms with van der Waals surface area (Å²) in [6, 6.07) is 8.52. The van der Waals surface area contributed by atoms with Crippen LogP contribution in [0.15, 0.2) is 30.3 Å². The van der Waals surface area contributed by atoms with Crippen molar-refractivity contribution in [3.63, 3.8) is 0 Å². The van der Waals surface area contributed by atoms with Gasteiger partial charge in [-0.05, 0) is 12.1 Å². The quantitative estimate of drug-likeness (QED) is 0.504. The zero-order valence-electron chi connectivity index (χ0n) is 8.31. The molecule has 15 heavy (non-hydrogen) atoms. The Bertz CT molecular complexity index is 350. The largest absolute Gasteiger partial charge is 0.388 e. The lowest BCUT2D eigenvalue weighted by Crippen LogP contribution is -2.37. The van der Waals surface area contributed by atoms with Gasteiger partial charge in [-0.15, -0.1) is 0 Å². The molecule has 0 heterocycles. The molecule has 0 saturated heterocycles. The third-order valence-corrected chi connectivity index (χ3v) is 1.94. The van der Waals surface area contributed by atoms with Gasteiger partial charge >= 0.3 is 6.03 Å². The summed E-state index contributed by atoms with van der Waals surface area (Å²) >= 11 is 0. The molecule has 0 aliphatic heterocycles. The van der Waals surface area contributed by atoms with Crippen LogP contribution in [0.3, 0.4) is 0 Å². The molecule has 1 aromatic rings. The van der Waals surface area contributed by atoms with Crippen LogP contribution in [0, 0.1) is 5.41 Å². The summed E-state index contributed by atoms with van der Waals surface area (Å²) in [5.41, 5.74) is 11.2. The normalized spacial score (nSPS) is 9.60. The van der Waals surface area contributed by atoms with Crippen LogP contribution >= 0.6 is 0 Å². The Hall–Kier alpha value is -2.04. The van der Waals surface area contributed by atoms with Crippen molar-refractivity contribution in [2.24, 2.45) is 11.5 Å². The van der Waals surface area contributed by atoms with Crippen molar-refractivity contribution in [3.8, 4) is 0 Å². The molecule has 1 rings (SSSR count). The second-order valence-corrected chi connectivity index (χ2v) is 3.10. The fourth-order valence-corrected chi connectivity index (χ4v) is 1.21. The van der Waals surface area contributed by atoms with Crippen molar-refractivity contribution >= 4 is 17.6 Å². The molecule has 0 aromatic heterocycles. The van der Waals surface area contributed by atoms with Crippen LogP contribution in [0.5, 0.6) is 0 Å². The van der Waals surface area contributed by atoms with E-state index in [0.29, 0.717) is 18.7 Å². The summed E-state index contributed by atoms with van der Waals surface area (Å²) in [6.07, 6.45) is 0.317. The average molecular weight is 206 g/mol. The molecule has 0 aliphatic carbocycles. The summed E-state index contributed by atoms with van der Waals surface area (Å²) in [5, 5.41) is 7.09. The van der Waals surface area contributed by atoms with E-state index in [1.165, 1.54) is 4.90 Å². The molecule has 0 atom stereocenters. The van der Waals surface area contributed by atoms with Gasteiger partial charge in [-0.3, -0.25) is 10.3 Å². The number of nitrogens with one attached hydrogen (secondary N) is 1. The van der Waals surface area contributed by atoms with Crippen molar-refractivity contribution in [1.82, 2.24) is 0 Å². The molecule has 2 amide bonds. The first-order valence-corrected chi connectivity index (χ1v) is 4.56. The lowest BCUT2D eigenvalue weighted by Gasteiger charge is -2.19. The summed E-state index contributed by atoms with van der Waals surface area (Å²) in [5.74, 6) is 0.0391. The molecule has 0 radical (unpaired) electrons. The van der Waals surface area contributed by atoms with Gasteiger partial charge in [0, 0.05) is 18.7 Å². The molecule has 0 unspecified atom stereocenters. The zero-order valence-corrected chi connectivity index (χ0v) is 8.31. The minimum Gasteiger partial charge on any atom is -0.388 e. The second kappa shape index (κ2) is 4.99. The molecule has 0 bridgehead atoms. The molecule has 80 valence electrons. The number of carbonyl (C=O) groups excluding carboxylic acids is 1. The third-order valence-electron chi connectivity index (χ3n) is 1.94. The number of primary amides is 1. The number of hydrogen-bond donors (Lipinski definition) is 3. The van der Waals surface area contributed by atoms with Gasteiger partial charge in [0.15, 0.2) is 0 Å². The summed E-state index contributed by atoms with van der Waals surface area (Å²) < 4.78 is 0. The molecule has 0 spiro atoms. The first kappa shape index (κ1) is 11.0. The van der Waals surface area contributed by atoms with E-state index in [-0.39, 0.29) is 5.84 Å². The van der Waals surface area contributed by atoms with Gasteiger partial charge < -0.3 is 11.5 Å². The van der Waals surface area contributed by atoms with Crippen molar-refractivity contribution in [2.75, 3.05) is 11.4 Å². The molecule has 1 aromatic carbocycles. The summed E-state index contributed by atoms with van der Waals surface area (Å²) in [4.78, 5) is 12.5. The van der Waals surface area contributed by atoms with Crippen LogP contribution in [0.4, 0.5) is 10.5 Å². The van der Waals surface area contributed by atoms with Gasteiger partial charge in [-0.25, -0.2) is 4.79 Å². The molecule has 0 saturated carbocycles. The molecule has 5 heteroatoms. The molecule has 5 N–H and O–H groups in total. The van der Waals surface area contributed by atoms with Gasteiger partial charge in [-0.1, -0.05) is 18.2 Å². The highest BCUT2D eigenvalue weighted by molar-refractivity contribution is 5.91. The number of para-hydroxylation sites is 1. The lowest BCUT2D eigenvalue weighted by molar-refractivity contribution is 0.254. The molecular weight excluding hydrogens is 192 g/mol. The number of amides is 2. The van der Waals surface area contributed by atoms with E-state index in [2.05, 4.69) is 0 Å². The molecular formula is C10H14N4O. The molecule has 0 aliphatic rings. The minimum atomic E-state index is -0.539. The fourth-order valence-electron chi connectivity index (χ4n) is 1.21. The van der Waals surface area contributed by atoms with E-state index in [0.717, 1.165) is 0 Å². The number of benzene rings is 1. The van der Waals surface area contributed by atoms with Crippen LogP contribution in [0.1, 0.15) is 6.42 Å². The van der Waals surface area contributed by atoms with Crippen molar-refractivity contribution in [3.05, 3.63) is 30.3 Å². The highest BCUT2D eigenvalue weighted by atomic mass is 16.2. The minimum absolute atomic E-state index is 0.0391. The Balaban J connectivity index is 2.75. The van der Waals surface area contributed by atoms with Crippen LogP contribution in [-0.4, -0.2) is 18.4 Å². The Kier molecular flexibility index (Phi) is 3.68.